The zero-order valence-corrected chi connectivity index (χ0v) is 10.2. The van der Waals surface area contributed by atoms with Crippen molar-refractivity contribution in [3.8, 4) is 11.4 Å². The molecule has 2 heterocycles. The van der Waals surface area contributed by atoms with E-state index in [0.717, 1.165) is 23.2 Å². The Bertz CT molecular complexity index is 602. The maximum absolute atomic E-state index is 11.7. The summed E-state index contributed by atoms with van der Waals surface area (Å²) < 4.78 is 0. The second-order valence-corrected chi connectivity index (χ2v) is 4.01. The quantitative estimate of drug-likeness (QED) is 0.857. The smallest absolute Gasteiger partial charge is 0.254 e. The maximum atomic E-state index is 11.7. The first kappa shape index (κ1) is 11.5. The van der Waals surface area contributed by atoms with Gasteiger partial charge in [-0.3, -0.25) is 9.78 Å². The van der Waals surface area contributed by atoms with E-state index in [9.17, 15) is 4.79 Å². The Hall–Kier alpha value is -1.97. The summed E-state index contributed by atoms with van der Waals surface area (Å²) in [6.07, 6.45) is 4.38. The largest absolute Gasteiger partial charge is 0.306 e. The number of nitrogens with one attached hydrogen (secondary N) is 1. The van der Waals surface area contributed by atoms with Crippen LogP contribution >= 0.6 is 0 Å². The van der Waals surface area contributed by atoms with Crippen LogP contribution in [0.4, 0.5) is 0 Å². The second-order valence-electron chi connectivity index (χ2n) is 4.01. The van der Waals surface area contributed by atoms with Crippen LogP contribution < -0.4 is 5.56 Å². The van der Waals surface area contributed by atoms with Crippen LogP contribution in [0.5, 0.6) is 0 Å². The first-order chi connectivity index (χ1) is 8.13. The molecule has 4 heteroatoms. The van der Waals surface area contributed by atoms with Crippen LogP contribution in [0.1, 0.15) is 23.7 Å². The van der Waals surface area contributed by atoms with Gasteiger partial charge in [-0.25, -0.2) is 4.98 Å². The fourth-order valence-corrected chi connectivity index (χ4v) is 1.71. The Kier molecular flexibility index (Phi) is 3.04. The number of nitrogens with zero attached hydrogens (tertiary/aromatic N) is 2. The van der Waals surface area contributed by atoms with E-state index in [-0.39, 0.29) is 5.56 Å². The van der Waals surface area contributed by atoms with Crippen molar-refractivity contribution in [3.05, 3.63) is 45.6 Å². The van der Waals surface area contributed by atoms with Crippen molar-refractivity contribution >= 4 is 0 Å². The van der Waals surface area contributed by atoms with E-state index in [1.807, 2.05) is 19.2 Å². The minimum atomic E-state index is -0.0774. The third-order valence-corrected chi connectivity index (χ3v) is 2.93. The van der Waals surface area contributed by atoms with Gasteiger partial charge in [0.15, 0.2) is 0 Å². The molecule has 0 spiro atoms. The normalized spacial score (nSPS) is 10.5. The average Bonchev–Trinajstić information content (AvgIpc) is 2.35. The van der Waals surface area contributed by atoms with E-state index in [1.54, 1.807) is 13.1 Å². The van der Waals surface area contributed by atoms with Crippen LogP contribution in [0.15, 0.2) is 23.3 Å². The summed E-state index contributed by atoms with van der Waals surface area (Å²) in [6, 6.07) is 1.88. The van der Waals surface area contributed by atoms with Crippen LogP contribution in [0.3, 0.4) is 0 Å². The van der Waals surface area contributed by atoms with E-state index in [1.165, 1.54) is 0 Å². The second kappa shape index (κ2) is 4.49. The van der Waals surface area contributed by atoms with Gasteiger partial charge in [0.2, 0.25) is 0 Å². The van der Waals surface area contributed by atoms with Gasteiger partial charge in [0.05, 0.1) is 0 Å². The lowest BCUT2D eigenvalue weighted by molar-refractivity contribution is 1.01. The average molecular weight is 229 g/mol. The molecule has 0 radical (unpaired) electrons. The zero-order chi connectivity index (χ0) is 12.4. The molecule has 17 heavy (non-hydrogen) atoms. The van der Waals surface area contributed by atoms with Gasteiger partial charge < -0.3 is 4.98 Å². The number of rotatable bonds is 2. The van der Waals surface area contributed by atoms with Gasteiger partial charge in [-0.2, -0.15) is 0 Å². The van der Waals surface area contributed by atoms with Crippen molar-refractivity contribution in [3.63, 3.8) is 0 Å². The maximum Gasteiger partial charge on any atom is 0.254 e. The van der Waals surface area contributed by atoms with Gasteiger partial charge >= 0.3 is 0 Å². The summed E-state index contributed by atoms with van der Waals surface area (Å²) in [4.78, 5) is 23.0. The molecule has 0 aromatic carbocycles. The Labute approximate surface area is 99.8 Å². The lowest BCUT2D eigenvalue weighted by atomic mass is 10.1. The van der Waals surface area contributed by atoms with Crippen LogP contribution in [0, 0.1) is 13.8 Å². The monoisotopic (exact) mass is 229 g/mol. The minimum absolute atomic E-state index is 0.0774. The summed E-state index contributed by atoms with van der Waals surface area (Å²) in [5.41, 5.74) is 3.39. The highest BCUT2D eigenvalue weighted by Crippen LogP contribution is 2.19. The van der Waals surface area contributed by atoms with E-state index in [4.69, 9.17) is 0 Å². The Morgan fingerprint density at radius 1 is 1.35 bits per heavy atom. The summed E-state index contributed by atoms with van der Waals surface area (Å²) >= 11 is 0. The van der Waals surface area contributed by atoms with Crippen molar-refractivity contribution in [1.29, 1.82) is 0 Å². The van der Waals surface area contributed by atoms with E-state index in [2.05, 4.69) is 21.9 Å². The van der Waals surface area contributed by atoms with Crippen LogP contribution in [-0.2, 0) is 6.42 Å². The van der Waals surface area contributed by atoms with Gasteiger partial charge in [0.1, 0.15) is 5.82 Å². The zero-order valence-electron chi connectivity index (χ0n) is 10.2. The molecular formula is C13H15N3O. The molecule has 2 aromatic rings. The van der Waals surface area contributed by atoms with Crippen LogP contribution in [0.2, 0.25) is 0 Å². The molecule has 2 aromatic heterocycles. The first-order valence-electron chi connectivity index (χ1n) is 5.64. The number of aromatic nitrogens is 3. The number of aromatic amines is 1. The van der Waals surface area contributed by atoms with Crippen molar-refractivity contribution in [2.75, 3.05) is 0 Å². The molecule has 0 atom stereocenters. The van der Waals surface area contributed by atoms with Gasteiger partial charge in [0.25, 0.3) is 5.56 Å². The summed E-state index contributed by atoms with van der Waals surface area (Å²) in [5, 5.41) is 0. The standard InChI is InChI=1S/C13H15N3O/c1-4-10-7-14-6-5-11(10)12-15-9(3)8(2)13(17)16-12/h5-7H,4H2,1-3H3,(H,15,16,17). The van der Waals surface area contributed by atoms with Gasteiger partial charge in [-0.1, -0.05) is 6.92 Å². The van der Waals surface area contributed by atoms with Crippen LogP contribution in [0.25, 0.3) is 11.4 Å². The van der Waals surface area contributed by atoms with Gasteiger partial charge in [-0.15, -0.1) is 0 Å². The third kappa shape index (κ3) is 2.11. The van der Waals surface area contributed by atoms with E-state index >= 15 is 0 Å². The van der Waals surface area contributed by atoms with Crippen molar-refractivity contribution < 1.29 is 0 Å². The minimum Gasteiger partial charge on any atom is -0.306 e. The van der Waals surface area contributed by atoms with Gasteiger partial charge in [-0.05, 0) is 31.9 Å². The number of pyridine rings is 1. The highest BCUT2D eigenvalue weighted by atomic mass is 16.1. The molecule has 0 fully saturated rings. The molecule has 2 rings (SSSR count). The van der Waals surface area contributed by atoms with E-state index < -0.39 is 0 Å². The Morgan fingerprint density at radius 2 is 2.12 bits per heavy atom. The lowest BCUT2D eigenvalue weighted by Crippen LogP contribution is -2.14. The van der Waals surface area contributed by atoms with Gasteiger partial charge in [0, 0.05) is 29.2 Å². The fraction of sp³-hybridized carbons (Fsp3) is 0.308. The molecular weight excluding hydrogens is 214 g/mol. The van der Waals surface area contributed by atoms with Crippen molar-refractivity contribution in [2.45, 2.75) is 27.2 Å². The molecule has 0 aliphatic heterocycles. The molecule has 1 N–H and O–H groups in total. The third-order valence-electron chi connectivity index (χ3n) is 2.93. The van der Waals surface area contributed by atoms with E-state index in [0.29, 0.717) is 11.4 Å². The lowest BCUT2D eigenvalue weighted by Gasteiger charge is -2.07. The number of hydrogen-bond acceptors (Lipinski definition) is 3. The highest BCUT2D eigenvalue weighted by molar-refractivity contribution is 5.59. The first-order valence-corrected chi connectivity index (χ1v) is 5.64. The summed E-state index contributed by atoms with van der Waals surface area (Å²) in [6.45, 7) is 5.68. The molecule has 88 valence electrons. The summed E-state index contributed by atoms with van der Waals surface area (Å²) in [7, 11) is 0. The molecule has 0 aliphatic carbocycles. The molecule has 0 bridgehead atoms. The molecule has 0 saturated heterocycles. The Morgan fingerprint density at radius 3 is 2.76 bits per heavy atom. The number of aryl methyl sites for hydroxylation is 2. The summed E-state index contributed by atoms with van der Waals surface area (Å²) in [5.74, 6) is 0.623. The molecule has 4 nitrogen and oxygen atoms in total. The highest BCUT2D eigenvalue weighted by Gasteiger charge is 2.08. The SMILES string of the molecule is CCc1cnccc1-c1nc(C)c(C)c(=O)[nH]1. The molecule has 0 unspecified atom stereocenters. The fourth-order valence-electron chi connectivity index (χ4n) is 1.71. The predicted molar refractivity (Wildman–Crippen MR) is 66.9 cm³/mol. The Balaban J connectivity index is 2.65. The topological polar surface area (TPSA) is 58.6 Å². The van der Waals surface area contributed by atoms with Crippen molar-refractivity contribution in [2.24, 2.45) is 0 Å². The van der Waals surface area contributed by atoms with Crippen LogP contribution in [-0.4, -0.2) is 15.0 Å². The molecule has 0 aliphatic rings. The molecule has 0 amide bonds. The predicted octanol–water partition coefficient (Wildman–Crippen LogP) is 2.01. The number of H-pyrrole nitrogens is 1. The molecule has 0 saturated carbocycles. The van der Waals surface area contributed by atoms with Crippen molar-refractivity contribution in [1.82, 2.24) is 15.0 Å². The number of hydrogen-bond donors (Lipinski definition) is 1.